The van der Waals surface area contributed by atoms with Crippen LogP contribution in [-0.2, 0) is 0 Å². The molecular formula is C20H18ClF2NO. The molecule has 130 valence electrons. The maximum atomic E-state index is 14.7. The van der Waals surface area contributed by atoms with Crippen molar-refractivity contribution in [1.29, 1.82) is 0 Å². The minimum Gasteiger partial charge on any atom is -0.478 e. The number of piperidine rings is 1. The van der Waals surface area contributed by atoms with Gasteiger partial charge in [-0.3, -0.25) is 0 Å². The molecule has 2 heterocycles. The van der Waals surface area contributed by atoms with E-state index in [1.54, 1.807) is 18.2 Å². The minimum absolute atomic E-state index is 0.277. The Morgan fingerprint density at radius 1 is 1.04 bits per heavy atom. The first-order valence-electron chi connectivity index (χ1n) is 8.51. The Morgan fingerprint density at radius 2 is 1.84 bits per heavy atom. The second kappa shape index (κ2) is 6.68. The fraction of sp³-hybridized carbons (Fsp3) is 0.300. The summed E-state index contributed by atoms with van der Waals surface area (Å²) in [6, 6.07) is 9.82. The molecule has 0 N–H and O–H groups in total. The Labute approximate surface area is 150 Å². The van der Waals surface area contributed by atoms with Crippen LogP contribution in [0.3, 0.4) is 0 Å². The number of fused-ring (bicyclic) bond motifs is 1. The van der Waals surface area contributed by atoms with Crippen molar-refractivity contribution in [1.82, 2.24) is 0 Å². The first kappa shape index (κ1) is 16.4. The first-order valence-corrected chi connectivity index (χ1v) is 8.88. The summed E-state index contributed by atoms with van der Waals surface area (Å²) < 4.78 is 35.0. The van der Waals surface area contributed by atoms with E-state index in [1.165, 1.54) is 18.6 Å². The molecule has 2 aromatic rings. The lowest BCUT2D eigenvalue weighted by atomic mass is 10.0. The summed E-state index contributed by atoms with van der Waals surface area (Å²) >= 11 is 5.82. The second-order valence-electron chi connectivity index (χ2n) is 6.42. The van der Waals surface area contributed by atoms with Crippen molar-refractivity contribution in [2.75, 3.05) is 18.0 Å². The number of halogens is 3. The van der Waals surface area contributed by atoms with E-state index in [0.29, 0.717) is 16.3 Å². The molecule has 0 saturated carbocycles. The van der Waals surface area contributed by atoms with E-state index in [2.05, 4.69) is 4.90 Å². The van der Waals surface area contributed by atoms with Gasteiger partial charge in [-0.15, -0.1) is 0 Å². The molecule has 0 amide bonds. The number of nitrogens with zero attached hydrogens (tertiary/aromatic N) is 1. The lowest BCUT2D eigenvalue weighted by Gasteiger charge is -2.33. The average Bonchev–Trinajstić information content (AvgIpc) is 2.62. The molecule has 25 heavy (non-hydrogen) atoms. The predicted molar refractivity (Wildman–Crippen MR) is 96.4 cm³/mol. The number of para-hydroxylation sites is 1. The smallest absolute Gasteiger partial charge is 0.154 e. The summed E-state index contributed by atoms with van der Waals surface area (Å²) in [6.07, 6.45) is 3.93. The average molecular weight is 362 g/mol. The number of ether oxygens (including phenoxy) is 1. The summed E-state index contributed by atoms with van der Waals surface area (Å²) in [4.78, 5) is 2.22. The molecule has 0 spiro atoms. The van der Waals surface area contributed by atoms with E-state index in [1.807, 2.05) is 12.1 Å². The van der Waals surface area contributed by atoms with Crippen LogP contribution in [0.25, 0.3) is 5.83 Å². The SMILES string of the molecule is FC1=CC(c2ccc(Cl)cc2F)Oc2c1cccc2N1CCCCC1. The quantitative estimate of drug-likeness (QED) is 0.659. The molecule has 2 aromatic carbocycles. The fourth-order valence-corrected chi connectivity index (χ4v) is 3.65. The van der Waals surface area contributed by atoms with Crippen molar-refractivity contribution >= 4 is 23.1 Å². The first-order chi connectivity index (χ1) is 12.1. The Kier molecular flexibility index (Phi) is 4.38. The van der Waals surface area contributed by atoms with E-state index < -0.39 is 11.9 Å². The van der Waals surface area contributed by atoms with Gasteiger partial charge in [-0.1, -0.05) is 23.7 Å². The van der Waals surface area contributed by atoms with Crippen LogP contribution < -0.4 is 9.64 Å². The number of benzene rings is 2. The number of hydrogen-bond donors (Lipinski definition) is 0. The summed E-state index contributed by atoms with van der Waals surface area (Å²) in [5.74, 6) is -0.399. The highest BCUT2D eigenvalue weighted by atomic mass is 35.5. The standard InChI is InChI=1S/C20H18ClF2NO/c21-13-7-8-14(16(22)11-13)19-12-17(23)15-5-4-6-18(20(15)25-19)24-9-2-1-3-10-24/h4-8,11-12,19H,1-3,9-10H2. The third kappa shape index (κ3) is 3.11. The zero-order valence-corrected chi connectivity index (χ0v) is 14.4. The van der Waals surface area contributed by atoms with Crippen LogP contribution in [-0.4, -0.2) is 13.1 Å². The van der Waals surface area contributed by atoms with Crippen molar-refractivity contribution < 1.29 is 13.5 Å². The van der Waals surface area contributed by atoms with Crippen LogP contribution in [0.5, 0.6) is 5.75 Å². The molecule has 1 atom stereocenters. The number of anilines is 1. The van der Waals surface area contributed by atoms with Gasteiger partial charge in [-0.05, 0) is 49.6 Å². The van der Waals surface area contributed by atoms with E-state index in [0.717, 1.165) is 31.6 Å². The van der Waals surface area contributed by atoms with Crippen LogP contribution in [0.1, 0.15) is 36.5 Å². The second-order valence-corrected chi connectivity index (χ2v) is 6.86. The molecule has 1 saturated heterocycles. The summed E-state index contributed by atoms with van der Waals surface area (Å²) in [5.41, 5.74) is 1.58. The van der Waals surface area contributed by atoms with Crippen molar-refractivity contribution in [2.24, 2.45) is 0 Å². The maximum absolute atomic E-state index is 14.7. The third-order valence-corrected chi connectivity index (χ3v) is 4.99. The maximum Gasteiger partial charge on any atom is 0.154 e. The van der Waals surface area contributed by atoms with Crippen LogP contribution in [0.2, 0.25) is 5.02 Å². The highest BCUT2D eigenvalue weighted by Crippen LogP contribution is 2.44. The van der Waals surface area contributed by atoms with Gasteiger partial charge in [0.05, 0.1) is 11.3 Å². The molecule has 1 fully saturated rings. The molecule has 2 nitrogen and oxygen atoms in total. The van der Waals surface area contributed by atoms with Gasteiger partial charge in [0.1, 0.15) is 17.7 Å². The van der Waals surface area contributed by atoms with Crippen LogP contribution in [0.15, 0.2) is 42.5 Å². The molecule has 0 bridgehead atoms. The largest absolute Gasteiger partial charge is 0.478 e. The van der Waals surface area contributed by atoms with Crippen LogP contribution in [0.4, 0.5) is 14.5 Å². The van der Waals surface area contributed by atoms with E-state index in [4.69, 9.17) is 16.3 Å². The summed E-state index contributed by atoms with van der Waals surface area (Å²) in [6.45, 7) is 1.84. The van der Waals surface area contributed by atoms with Gasteiger partial charge in [-0.25, -0.2) is 8.78 Å². The topological polar surface area (TPSA) is 12.5 Å². The third-order valence-electron chi connectivity index (χ3n) is 4.76. The van der Waals surface area contributed by atoms with E-state index in [9.17, 15) is 8.78 Å². The summed E-state index contributed by atoms with van der Waals surface area (Å²) in [7, 11) is 0. The van der Waals surface area contributed by atoms with Gasteiger partial charge in [0, 0.05) is 23.7 Å². The number of rotatable bonds is 2. The molecule has 2 aliphatic heterocycles. The predicted octanol–water partition coefficient (Wildman–Crippen LogP) is 5.91. The molecule has 1 unspecified atom stereocenters. The van der Waals surface area contributed by atoms with Crippen LogP contribution in [0, 0.1) is 5.82 Å². The van der Waals surface area contributed by atoms with E-state index >= 15 is 0 Å². The highest BCUT2D eigenvalue weighted by molar-refractivity contribution is 6.30. The minimum atomic E-state index is -0.810. The van der Waals surface area contributed by atoms with Crippen molar-refractivity contribution in [3.8, 4) is 5.75 Å². The molecule has 5 heteroatoms. The number of hydrogen-bond acceptors (Lipinski definition) is 2. The van der Waals surface area contributed by atoms with Gasteiger partial charge in [0.2, 0.25) is 0 Å². The Balaban J connectivity index is 1.74. The van der Waals surface area contributed by atoms with E-state index in [-0.39, 0.29) is 11.4 Å². The molecule has 0 aliphatic carbocycles. The Bertz CT molecular complexity index is 830. The van der Waals surface area contributed by atoms with Crippen molar-refractivity contribution in [3.63, 3.8) is 0 Å². The molecule has 2 aliphatic rings. The monoisotopic (exact) mass is 361 g/mol. The molecule has 0 radical (unpaired) electrons. The Morgan fingerprint density at radius 3 is 2.60 bits per heavy atom. The zero-order chi connectivity index (χ0) is 17.4. The van der Waals surface area contributed by atoms with Gasteiger partial charge in [0.15, 0.2) is 5.75 Å². The van der Waals surface area contributed by atoms with Gasteiger partial charge in [-0.2, -0.15) is 0 Å². The lowest BCUT2D eigenvalue weighted by molar-refractivity contribution is 0.242. The van der Waals surface area contributed by atoms with Crippen molar-refractivity contribution in [2.45, 2.75) is 25.4 Å². The zero-order valence-electron chi connectivity index (χ0n) is 13.6. The van der Waals surface area contributed by atoms with Crippen molar-refractivity contribution in [3.05, 3.63) is 64.4 Å². The molecule has 0 aromatic heterocycles. The lowest BCUT2D eigenvalue weighted by Crippen LogP contribution is -2.30. The Hall–Kier alpha value is -2.07. The summed E-state index contributed by atoms with van der Waals surface area (Å²) in [5, 5.41) is 0.302. The molecular weight excluding hydrogens is 344 g/mol. The normalized spacial score (nSPS) is 19.9. The van der Waals surface area contributed by atoms with Gasteiger partial charge < -0.3 is 9.64 Å². The highest BCUT2D eigenvalue weighted by Gasteiger charge is 2.28. The fourth-order valence-electron chi connectivity index (χ4n) is 3.49. The van der Waals surface area contributed by atoms with Gasteiger partial charge >= 0.3 is 0 Å². The van der Waals surface area contributed by atoms with Crippen LogP contribution >= 0.6 is 11.6 Å². The molecule has 4 rings (SSSR count). The van der Waals surface area contributed by atoms with Gasteiger partial charge in [0.25, 0.3) is 0 Å².